The fraction of sp³-hybridized carbons (Fsp3) is 0.350. The van der Waals surface area contributed by atoms with Gasteiger partial charge >= 0.3 is 6.03 Å². The Morgan fingerprint density at radius 2 is 1.73 bits per heavy atom. The van der Waals surface area contributed by atoms with Crippen molar-refractivity contribution in [2.45, 2.75) is 38.5 Å². The summed E-state index contributed by atoms with van der Waals surface area (Å²) >= 11 is 0.797. The molecule has 6 nitrogen and oxygen atoms in total. The van der Waals surface area contributed by atoms with Gasteiger partial charge in [-0.05, 0) is 48.0 Å². The molecule has 0 unspecified atom stereocenters. The number of aryl methyl sites for hydroxylation is 1. The monoisotopic (exact) mass is 457 g/mol. The first-order chi connectivity index (χ1) is 14.2. The number of sulfonamides is 1. The molecule has 0 saturated carbocycles. The highest BCUT2D eigenvalue weighted by atomic mass is 32.2. The summed E-state index contributed by atoms with van der Waals surface area (Å²) in [4.78, 5) is 11.9. The fourth-order valence-corrected chi connectivity index (χ4v) is 3.85. The molecule has 0 radical (unpaired) electrons. The first-order valence-electron chi connectivity index (χ1n) is 9.37. The van der Waals surface area contributed by atoms with Gasteiger partial charge in [0, 0.05) is 17.9 Å². The minimum Gasteiger partial charge on any atom is -0.333 e. The minimum absolute atomic E-state index is 0.212. The average molecular weight is 458 g/mol. The highest BCUT2D eigenvalue weighted by Gasteiger charge is 2.16. The molecular weight excluding hydrogens is 432 g/mol. The summed E-state index contributed by atoms with van der Waals surface area (Å²) in [5, 5.41) is 2.67. The van der Waals surface area contributed by atoms with Gasteiger partial charge < -0.3 is 5.32 Å². The maximum atomic E-state index is 14.4. The van der Waals surface area contributed by atoms with Crippen molar-refractivity contribution in [1.29, 1.82) is 0 Å². The number of rotatable bonds is 10. The van der Waals surface area contributed by atoms with Crippen LogP contribution in [0, 0.1) is 11.6 Å². The van der Waals surface area contributed by atoms with Crippen molar-refractivity contribution < 1.29 is 22.0 Å². The van der Waals surface area contributed by atoms with Gasteiger partial charge in [0.1, 0.15) is 5.82 Å². The number of hydrogen-bond donors (Lipinski definition) is 3. The molecule has 0 fully saturated rings. The van der Waals surface area contributed by atoms with Gasteiger partial charge in [-0.1, -0.05) is 37.6 Å². The molecule has 0 saturated heterocycles. The number of nitrogens with one attached hydrogen (secondary N) is 3. The van der Waals surface area contributed by atoms with Crippen LogP contribution < -0.4 is 14.8 Å². The van der Waals surface area contributed by atoms with Crippen LogP contribution >= 0.6 is 11.9 Å². The van der Waals surface area contributed by atoms with Crippen LogP contribution in [0.15, 0.2) is 36.4 Å². The Morgan fingerprint density at radius 1 is 1.07 bits per heavy atom. The molecule has 0 aromatic heterocycles. The number of amides is 2. The van der Waals surface area contributed by atoms with Gasteiger partial charge in [0.05, 0.1) is 11.9 Å². The van der Waals surface area contributed by atoms with E-state index < -0.39 is 27.7 Å². The van der Waals surface area contributed by atoms with E-state index in [0.29, 0.717) is 6.54 Å². The van der Waals surface area contributed by atoms with Gasteiger partial charge in [0.15, 0.2) is 5.82 Å². The van der Waals surface area contributed by atoms with Crippen molar-refractivity contribution in [3.8, 4) is 0 Å². The third-order valence-electron chi connectivity index (χ3n) is 4.16. The summed E-state index contributed by atoms with van der Waals surface area (Å²) in [7, 11) is -3.70. The number of urea groups is 1. The number of benzene rings is 2. The van der Waals surface area contributed by atoms with Crippen LogP contribution in [-0.4, -0.2) is 20.7 Å². The normalized spacial score (nSPS) is 11.2. The first-order valence-corrected chi connectivity index (χ1v) is 12.3. The van der Waals surface area contributed by atoms with E-state index in [9.17, 15) is 22.0 Å². The number of carbonyl (C=O) groups excluding carboxylic acids is 1. The third kappa shape index (κ3) is 7.83. The summed E-state index contributed by atoms with van der Waals surface area (Å²) in [6.45, 7) is 2.46. The number of hydrogen-bond acceptors (Lipinski definition) is 4. The van der Waals surface area contributed by atoms with Crippen LogP contribution in [0.25, 0.3) is 0 Å². The van der Waals surface area contributed by atoms with E-state index in [0.717, 1.165) is 55.2 Å². The number of anilines is 1. The zero-order valence-electron chi connectivity index (χ0n) is 16.8. The van der Waals surface area contributed by atoms with E-state index in [2.05, 4.69) is 17.0 Å². The number of halogens is 2. The average Bonchev–Trinajstić information content (AvgIpc) is 2.69. The van der Waals surface area contributed by atoms with Crippen LogP contribution in [0.2, 0.25) is 0 Å². The van der Waals surface area contributed by atoms with Crippen molar-refractivity contribution in [3.05, 3.63) is 64.7 Å². The molecular formula is C20H25F2N3O3S2. The van der Waals surface area contributed by atoms with E-state index in [1.165, 1.54) is 5.56 Å². The van der Waals surface area contributed by atoms with Crippen LogP contribution in [0.3, 0.4) is 0 Å². The smallest absolute Gasteiger partial charge is 0.325 e. The summed E-state index contributed by atoms with van der Waals surface area (Å²) in [6.07, 6.45) is 4.16. The molecule has 0 aliphatic heterocycles. The molecule has 0 aliphatic rings. The Morgan fingerprint density at radius 3 is 2.37 bits per heavy atom. The predicted molar refractivity (Wildman–Crippen MR) is 117 cm³/mol. The lowest BCUT2D eigenvalue weighted by Crippen LogP contribution is -2.30. The Labute approximate surface area is 180 Å². The largest absolute Gasteiger partial charge is 0.333 e. The van der Waals surface area contributed by atoms with E-state index in [1.807, 2.05) is 29.0 Å². The molecule has 30 heavy (non-hydrogen) atoms. The Bertz CT molecular complexity index is 968. The highest BCUT2D eigenvalue weighted by Crippen LogP contribution is 2.24. The molecule has 10 heteroatoms. The van der Waals surface area contributed by atoms with Gasteiger partial charge in [0.25, 0.3) is 0 Å². The summed E-state index contributed by atoms with van der Waals surface area (Å²) in [6, 6.07) is 9.43. The number of carbonyl (C=O) groups is 1. The lowest BCUT2D eigenvalue weighted by molar-refractivity contribution is 0.246. The zero-order valence-corrected chi connectivity index (χ0v) is 18.4. The topological polar surface area (TPSA) is 87.3 Å². The van der Waals surface area contributed by atoms with Gasteiger partial charge in [-0.15, -0.1) is 0 Å². The van der Waals surface area contributed by atoms with Gasteiger partial charge in [0.2, 0.25) is 10.0 Å². The molecule has 2 aromatic rings. The second-order valence-electron chi connectivity index (χ2n) is 6.76. The lowest BCUT2D eigenvalue weighted by Gasteiger charge is -2.11. The minimum atomic E-state index is -3.70. The van der Waals surface area contributed by atoms with Crippen molar-refractivity contribution in [3.63, 3.8) is 0 Å². The first kappa shape index (κ1) is 23.9. The molecule has 0 spiro atoms. The molecule has 0 atom stereocenters. The SMILES string of the molecule is CCCCc1ccc(CNC(=O)NSCc2c(F)ccc(NS(C)(=O)=O)c2F)cc1. The maximum Gasteiger partial charge on any atom is 0.325 e. The predicted octanol–water partition coefficient (Wildman–Crippen LogP) is 4.33. The van der Waals surface area contributed by atoms with Crippen LogP contribution in [0.4, 0.5) is 19.3 Å². The van der Waals surface area contributed by atoms with Gasteiger partial charge in [-0.2, -0.15) is 0 Å². The second-order valence-corrected chi connectivity index (χ2v) is 9.29. The Balaban J connectivity index is 1.83. The summed E-state index contributed by atoms with van der Waals surface area (Å²) in [5.74, 6) is -2.06. The molecule has 0 aliphatic carbocycles. The zero-order chi connectivity index (χ0) is 22.1. The highest BCUT2D eigenvalue weighted by molar-refractivity contribution is 7.97. The van der Waals surface area contributed by atoms with Crippen molar-refractivity contribution >= 4 is 33.7 Å². The van der Waals surface area contributed by atoms with Crippen molar-refractivity contribution in [1.82, 2.24) is 10.0 Å². The van der Waals surface area contributed by atoms with E-state index >= 15 is 0 Å². The van der Waals surface area contributed by atoms with Crippen LogP contribution in [0.1, 0.15) is 36.5 Å². The van der Waals surface area contributed by atoms with Gasteiger partial charge in [-0.25, -0.2) is 22.0 Å². The molecule has 164 valence electrons. The molecule has 0 heterocycles. The maximum absolute atomic E-state index is 14.4. The summed E-state index contributed by atoms with van der Waals surface area (Å²) < 4.78 is 55.2. The van der Waals surface area contributed by atoms with E-state index in [4.69, 9.17) is 0 Å². The van der Waals surface area contributed by atoms with Crippen molar-refractivity contribution in [2.75, 3.05) is 11.0 Å². The summed E-state index contributed by atoms with van der Waals surface area (Å²) in [5.41, 5.74) is 1.50. The lowest BCUT2D eigenvalue weighted by atomic mass is 10.1. The Hall–Kier alpha value is -2.33. The van der Waals surface area contributed by atoms with Crippen molar-refractivity contribution in [2.24, 2.45) is 0 Å². The van der Waals surface area contributed by atoms with Gasteiger partial charge in [-0.3, -0.25) is 9.44 Å². The third-order valence-corrected chi connectivity index (χ3v) is 5.51. The molecule has 2 aromatic carbocycles. The van der Waals surface area contributed by atoms with Crippen LogP contribution in [-0.2, 0) is 28.7 Å². The molecule has 2 amide bonds. The molecule has 0 bridgehead atoms. The standard InChI is InChI=1S/C20H25F2N3O3S2/c1-3-4-5-14-6-8-15(9-7-14)12-23-20(26)24-29-13-16-17(21)10-11-18(19(16)22)25-30(2,27)28/h6-11,25H,3-5,12-13H2,1-2H3,(H2,23,24,26). The second kappa shape index (κ2) is 11.2. The quantitative estimate of drug-likeness (QED) is 0.464. The van der Waals surface area contributed by atoms with E-state index in [1.54, 1.807) is 0 Å². The fourth-order valence-electron chi connectivity index (χ4n) is 2.61. The van der Waals surface area contributed by atoms with E-state index in [-0.39, 0.29) is 17.0 Å². The number of unbranched alkanes of at least 4 members (excludes halogenated alkanes) is 1. The molecule has 3 N–H and O–H groups in total. The van der Waals surface area contributed by atoms with Crippen LogP contribution in [0.5, 0.6) is 0 Å². The Kier molecular flexibility index (Phi) is 8.91. The molecule has 2 rings (SSSR count).